The van der Waals surface area contributed by atoms with Gasteiger partial charge in [-0.1, -0.05) is 41.7 Å². The summed E-state index contributed by atoms with van der Waals surface area (Å²) in [6.07, 6.45) is -8.17. The van der Waals surface area contributed by atoms with Crippen molar-refractivity contribution < 1.29 is 26.3 Å². The van der Waals surface area contributed by atoms with E-state index in [0.717, 1.165) is 47.0 Å². The van der Waals surface area contributed by atoms with E-state index >= 15 is 0 Å². The summed E-state index contributed by atoms with van der Waals surface area (Å²) in [6, 6.07) is 11.9. The van der Waals surface area contributed by atoms with Crippen molar-refractivity contribution >= 4 is 28.8 Å². The molecule has 0 unspecified atom stereocenters. The molecular weight excluding hydrogens is 506 g/mol. The minimum atomic E-state index is -4.68. The van der Waals surface area contributed by atoms with Crippen LogP contribution in [0.25, 0.3) is 17.5 Å². The molecule has 1 aliphatic rings. The van der Waals surface area contributed by atoms with Gasteiger partial charge in [0.1, 0.15) is 15.8 Å². The summed E-state index contributed by atoms with van der Waals surface area (Å²) in [5, 5.41) is 19.5. The number of alkyl halides is 6. The van der Waals surface area contributed by atoms with Crippen LogP contribution in [0.1, 0.15) is 28.2 Å². The van der Waals surface area contributed by atoms with E-state index in [4.69, 9.17) is 5.73 Å². The SMILES string of the molecule is N#CC1=C(N)n2c(sc(=O)/c2=C/c2cccc(C(F)(F)F)c2)=C(C#N)[C@H]1c1cccc(C(F)(F)F)c1. The van der Waals surface area contributed by atoms with Gasteiger partial charge in [-0.15, -0.1) is 0 Å². The van der Waals surface area contributed by atoms with E-state index in [1.807, 2.05) is 12.1 Å². The number of aromatic nitrogens is 1. The van der Waals surface area contributed by atoms with Crippen molar-refractivity contribution in [2.75, 3.05) is 0 Å². The first kappa shape index (κ1) is 24.8. The third kappa shape index (κ3) is 4.27. The molecular formula is C24H12F6N4OS. The summed E-state index contributed by atoms with van der Waals surface area (Å²) in [7, 11) is 0. The second-order valence-electron chi connectivity index (χ2n) is 7.68. The highest BCUT2D eigenvalue weighted by Crippen LogP contribution is 2.38. The number of nitrogens with two attached hydrogens (primary N) is 1. The number of halogens is 6. The Bertz CT molecular complexity index is 1680. The van der Waals surface area contributed by atoms with E-state index in [9.17, 15) is 41.7 Å². The monoisotopic (exact) mass is 518 g/mol. The predicted molar refractivity (Wildman–Crippen MR) is 119 cm³/mol. The molecule has 0 spiro atoms. The Hall–Kier alpha value is -4.29. The molecule has 1 atom stereocenters. The summed E-state index contributed by atoms with van der Waals surface area (Å²) in [5.41, 5.74) is 3.74. The van der Waals surface area contributed by atoms with Gasteiger partial charge in [0.2, 0.25) is 0 Å². The Morgan fingerprint density at radius 3 is 2.08 bits per heavy atom. The molecule has 2 heterocycles. The van der Waals surface area contributed by atoms with E-state index in [1.54, 1.807) is 0 Å². The van der Waals surface area contributed by atoms with E-state index < -0.39 is 34.1 Å². The van der Waals surface area contributed by atoms with Crippen molar-refractivity contribution in [3.63, 3.8) is 0 Å². The number of rotatable bonds is 2. The van der Waals surface area contributed by atoms with Crippen LogP contribution in [0, 0.1) is 22.7 Å². The molecule has 0 amide bonds. The minimum Gasteiger partial charge on any atom is -0.384 e. The average Bonchev–Trinajstić information content (AvgIpc) is 3.14. The Balaban J connectivity index is 2.03. The van der Waals surface area contributed by atoms with Gasteiger partial charge in [-0.25, -0.2) is 0 Å². The van der Waals surface area contributed by atoms with Crippen molar-refractivity contribution in [2.45, 2.75) is 18.3 Å². The lowest BCUT2D eigenvalue weighted by Crippen LogP contribution is -2.38. The van der Waals surface area contributed by atoms with Crippen molar-refractivity contribution in [1.82, 2.24) is 4.57 Å². The zero-order chi connectivity index (χ0) is 26.4. The summed E-state index contributed by atoms with van der Waals surface area (Å²) in [5.74, 6) is -1.59. The van der Waals surface area contributed by atoms with Crippen LogP contribution in [0.4, 0.5) is 26.3 Å². The van der Waals surface area contributed by atoms with Gasteiger partial charge in [-0.05, 0) is 35.4 Å². The Morgan fingerprint density at radius 2 is 1.50 bits per heavy atom. The number of thiazole rings is 1. The molecule has 182 valence electrons. The Kier molecular flexibility index (Phi) is 6.02. The van der Waals surface area contributed by atoms with E-state index in [1.165, 1.54) is 12.1 Å². The fraction of sp³-hybridized carbons (Fsp3) is 0.125. The highest BCUT2D eigenvalue weighted by Gasteiger charge is 2.35. The van der Waals surface area contributed by atoms with Gasteiger partial charge < -0.3 is 5.73 Å². The highest BCUT2D eigenvalue weighted by molar-refractivity contribution is 7.07. The number of allylic oxidation sites excluding steroid dienone is 1. The van der Waals surface area contributed by atoms with Crippen LogP contribution in [0.2, 0.25) is 0 Å². The van der Waals surface area contributed by atoms with E-state index in [0.29, 0.717) is 11.3 Å². The predicted octanol–water partition coefficient (Wildman–Crippen LogP) is 3.90. The van der Waals surface area contributed by atoms with Crippen LogP contribution in [0.3, 0.4) is 0 Å². The van der Waals surface area contributed by atoms with Gasteiger partial charge >= 0.3 is 12.4 Å². The van der Waals surface area contributed by atoms with Crippen LogP contribution in [-0.2, 0) is 12.4 Å². The Morgan fingerprint density at radius 1 is 0.917 bits per heavy atom. The van der Waals surface area contributed by atoms with Gasteiger partial charge in [-0.3, -0.25) is 9.36 Å². The average molecular weight is 518 g/mol. The second-order valence-corrected chi connectivity index (χ2v) is 8.64. The first-order valence-corrected chi connectivity index (χ1v) is 10.8. The topological polar surface area (TPSA) is 95.6 Å². The molecule has 0 aliphatic carbocycles. The molecule has 0 bridgehead atoms. The molecule has 1 aliphatic heterocycles. The van der Waals surface area contributed by atoms with Crippen molar-refractivity contribution in [3.05, 3.63) is 95.9 Å². The van der Waals surface area contributed by atoms with Crippen LogP contribution in [0.15, 0.2) is 58.9 Å². The molecule has 0 fully saturated rings. The molecule has 1 aromatic heterocycles. The fourth-order valence-electron chi connectivity index (χ4n) is 3.89. The van der Waals surface area contributed by atoms with E-state index in [2.05, 4.69) is 0 Å². The zero-order valence-electron chi connectivity index (χ0n) is 17.8. The molecule has 2 aromatic carbocycles. The van der Waals surface area contributed by atoms with Crippen molar-refractivity contribution in [2.24, 2.45) is 5.73 Å². The number of nitriles is 2. The molecule has 0 saturated heterocycles. The number of hydrogen-bond donors (Lipinski definition) is 1. The second kappa shape index (κ2) is 8.73. The van der Waals surface area contributed by atoms with Gasteiger partial charge in [0.05, 0.1) is 40.3 Å². The minimum absolute atomic E-state index is 0.0137. The zero-order valence-corrected chi connectivity index (χ0v) is 18.6. The third-order valence-electron chi connectivity index (χ3n) is 5.47. The number of nitrogens with zero attached hydrogens (tertiary/aromatic N) is 3. The van der Waals surface area contributed by atoms with Crippen LogP contribution >= 0.6 is 11.3 Å². The lowest BCUT2D eigenvalue weighted by molar-refractivity contribution is -0.138. The quantitative estimate of drug-likeness (QED) is 0.521. The lowest BCUT2D eigenvalue weighted by atomic mass is 9.84. The normalized spacial score (nSPS) is 16.5. The Labute approximate surface area is 202 Å². The largest absolute Gasteiger partial charge is 0.416 e. The smallest absolute Gasteiger partial charge is 0.384 e. The molecule has 0 saturated carbocycles. The molecule has 2 N–H and O–H groups in total. The maximum Gasteiger partial charge on any atom is 0.416 e. The number of benzene rings is 2. The first-order chi connectivity index (χ1) is 16.9. The van der Waals surface area contributed by atoms with Crippen molar-refractivity contribution in [3.8, 4) is 12.1 Å². The van der Waals surface area contributed by atoms with Gasteiger partial charge in [-0.2, -0.15) is 36.9 Å². The number of fused-ring (bicyclic) bond motifs is 1. The standard InChI is InChI=1S/C24H12F6N4OS/c25-23(26,27)14-5-1-3-12(7-14)8-18-22(35)36-21-17(11-32)19(16(10-31)20(33)34(18)21)13-4-2-6-15(9-13)24(28,29)30/h1-9,19H,33H2/b18-8-/t19-/m0/s1. The van der Waals surface area contributed by atoms with Gasteiger partial charge in [0.25, 0.3) is 4.74 Å². The van der Waals surface area contributed by atoms with Gasteiger partial charge in [0, 0.05) is 0 Å². The van der Waals surface area contributed by atoms with Gasteiger partial charge in [0.15, 0.2) is 0 Å². The molecule has 4 rings (SSSR count). The summed E-state index contributed by atoms with van der Waals surface area (Å²) in [6.45, 7) is 0. The number of hydrogen-bond acceptors (Lipinski definition) is 5. The molecule has 0 radical (unpaired) electrons. The summed E-state index contributed by atoms with van der Waals surface area (Å²) >= 11 is 0.552. The maximum absolute atomic E-state index is 13.3. The van der Waals surface area contributed by atoms with Crippen LogP contribution in [-0.4, -0.2) is 4.57 Å². The van der Waals surface area contributed by atoms with Crippen LogP contribution < -0.4 is 20.5 Å². The summed E-state index contributed by atoms with van der Waals surface area (Å²) in [4.78, 5) is 12.8. The molecule has 12 heteroatoms. The third-order valence-corrected chi connectivity index (χ3v) is 6.46. The van der Waals surface area contributed by atoms with Crippen molar-refractivity contribution in [1.29, 1.82) is 10.5 Å². The fourth-order valence-corrected chi connectivity index (χ4v) is 4.88. The molecule has 3 aromatic rings. The highest BCUT2D eigenvalue weighted by atomic mass is 32.1. The molecule has 5 nitrogen and oxygen atoms in total. The summed E-state index contributed by atoms with van der Waals surface area (Å²) < 4.78 is 79.6. The molecule has 36 heavy (non-hydrogen) atoms. The first-order valence-electron chi connectivity index (χ1n) is 9.99. The lowest BCUT2D eigenvalue weighted by Gasteiger charge is -2.23. The van der Waals surface area contributed by atoms with E-state index in [-0.39, 0.29) is 38.1 Å². The van der Waals surface area contributed by atoms with Crippen LogP contribution in [0.5, 0.6) is 0 Å². The maximum atomic E-state index is 13.3.